The summed E-state index contributed by atoms with van der Waals surface area (Å²) in [7, 11) is 0. The van der Waals surface area contributed by atoms with Crippen LogP contribution in [-0.2, 0) is 0 Å². The van der Waals surface area contributed by atoms with Crippen LogP contribution in [-0.4, -0.2) is 18.3 Å². The summed E-state index contributed by atoms with van der Waals surface area (Å²) in [6.45, 7) is 2.47. The highest BCUT2D eigenvalue weighted by Crippen LogP contribution is 2.17. The Morgan fingerprint density at radius 2 is 2.25 bits per heavy atom. The number of hydrogen-bond donors (Lipinski definition) is 1. The molecule has 4 heteroatoms. The van der Waals surface area contributed by atoms with Gasteiger partial charge in [-0.1, -0.05) is 18.2 Å². The van der Waals surface area contributed by atoms with Gasteiger partial charge in [0, 0.05) is 16.9 Å². The molecule has 86 valence electrons. The molecule has 1 aromatic carbocycles. The normalized spacial score (nSPS) is 10.7. The van der Waals surface area contributed by atoms with E-state index in [4.69, 9.17) is 11.6 Å². The average molecular weight is 303 g/mol. The number of benzene rings is 1. The Morgan fingerprint density at radius 3 is 2.88 bits per heavy atom. The van der Waals surface area contributed by atoms with Gasteiger partial charge in [0.15, 0.2) is 0 Å². The number of nitrogens with one attached hydrogen (secondary N) is 1. The van der Waals surface area contributed by atoms with Crippen molar-refractivity contribution in [1.29, 1.82) is 0 Å². The lowest BCUT2D eigenvalue weighted by atomic mass is 10.1. The summed E-state index contributed by atoms with van der Waals surface area (Å²) >= 11 is 8.84. The highest BCUT2D eigenvalue weighted by atomic mass is 79.9. The average Bonchev–Trinajstić information content (AvgIpc) is 2.24. The zero-order chi connectivity index (χ0) is 12.0. The Bertz CT molecular complexity index is 404. The highest BCUT2D eigenvalue weighted by Gasteiger charge is 2.08. The van der Waals surface area contributed by atoms with Crippen molar-refractivity contribution in [2.75, 3.05) is 12.4 Å². The molecule has 0 radical (unpaired) electrons. The molecule has 1 rings (SSSR count). The second-order valence-corrected chi connectivity index (χ2v) is 4.48. The summed E-state index contributed by atoms with van der Waals surface area (Å²) < 4.78 is 0.811. The lowest BCUT2D eigenvalue weighted by Crippen LogP contribution is -2.23. The predicted octanol–water partition coefficient (Wildman–Crippen LogP) is 3.28. The van der Waals surface area contributed by atoms with Crippen LogP contribution in [0.25, 0.3) is 0 Å². The molecule has 1 aromatic rings. The fourth-order valence-electron chi connectivity index (χ4n) is 1.20. The maximum absolute atomic E-state index is 11.7. The van der Waals surface area contributed by atoms with Crippen LogP contribution in [0.15, 0.2) is 34.8 Å². The van der Waals surface area contributed by atoms with Crippen molar-refractivity contribution in [2.45, 2.75) is 6.92 Å². The number of rotatable bonds is 4. The van der Waals surface area contributed by atoms with Gasteiger partial charge in [-0.15, -0.1) is 11.6 Å². The number of amides is 1. The Morgan fingerprint density at radius 1 is 1.50 bits per heavy atom. The molecule has 0 aliphatic rings. The zero-order valence-electron chi connectivity index (χ0n) is 8.97. The zero-order valence-corrected chi connectivity index (χ0v) is 11.3. The number of carbonyl (C=O) groups is 1. The highest BCUT2D eigenvalue weighted by molar-refractivity contribution is 9.10. The van der Waals surface area contributed by atoms with E-state index in [1.807, 2.05) is 25.1 Å². The number of alkyl halides is 1. The van der Waals surface area contributed by atoms with E-state index in [1.165, 1.54) is 0 Å². The van der Waals surface area contributed by atoms with Crippen LogP contribution >= 0.6 is 27.5 Å². The number of hydrogen-bond acceptors (Lipinski definition) is 1. The van der Waals surface area contributed by atoms with Gasteiger partial charge < -0.3 is 5.32 Å². The number of allylic oxidation sites excluding steroid dienone is 1. The first-order valence-corrected chi connectivity index (χ1v) is 6.23. The van der Waals surface area contributed by atoms with Gasteiger partial charge in [-0.3, -0.25) is 4.79 Å². The Kier molecular flexibility index (Phi) is 5.56. The maximum atomic E-state index is 11.7. The lowest BCUT2D eigenvalue weighted by Gasteiger charge is -2.05. The molecular weight excluding hydrogens is 289 g/mol. The fraction of sp³-hybridized carbons (Fsp3) is 0.250. The Labute approximate surface area is 109 Å². The van der Waals surface area contributed by atoms with Gasteiger partial charge in [-0.05, 0) is 40.5 Å². The third-order valence-electron chi connectivity index (χ3n) is 2.01. The molecule has 0 aromatic heterocycles. The van der Waals surface area contributed by atoms with E-state index in [-0.39, 0.29) is 5.91 Å². The molecule has 0 aliphatic heterocycles. The second-order valence-electron chi connectivity index (χ2n) is 3.32. The SMILES string of the molecule is Cc1ccc(C(=O)NC/C=C/CCl)c(Br)c1. The smallest absolute Gasteiger partial charge is 0.252 e. The topological polar surface area (TPSA) is 29.1 Å². The molecule has 0 aliphatic carbocycles. The minimum absolute atomic E-state index is 0.0916. The minimum Gasteiger partial charge on any atom is -0.349 e. The number of aryl methyl sites for hydroxylation is 1. The molecule has 16 heavy (non-hydrogen) atoms. The van der Waals surface area contributed by atoms with E-state index >= 15 is 0 Å². The predicted molar refractivity (Wildman–Crippen MR) is 71.1 cm³/mol. The Hall–Kier alpha value is -0.800. The van der Waals surface area contributed by atoms with E-state index in [0.29, 0.717) is 18.0 Å². The quantitative estimate of drug-likeness (QED) is 0.671. The van der Waals surface area contributed by atoms with Gasteiger partial charge >= 0.3 is 0 Å². The summed E-state index contributed by atoms with van der Waals surface area (Å²) in [5.74, 6) is 0.371. The first-order chi connectivity index (χ1) is 7.65. The van der Waals surface area contributed by atoms with Gasteiger partial charge in [0.05, 0.1) is 5.56 Å². The minimum atomic E-state index is -0.0916. The molecule has 0 spiro atoms. The van der Waals surface area contributed by atoms with Gasteiger partial charge in [-0.2, -0.15) is 0 Å². The molecule has 0 unspecified atom stereocenters. The van der Waals surface area contributed by atoms with Crippen LogP contribution in [0.2, 0.25) is 0 Å². The summed E-state index contributed by atoms with van der Waals surface area (Å²) in [6.07, 6.45) is 3.62. The van der Waals surface area contributed by atoms with E-state index in [2.05, 4.69) is 21.2 Å². The van der Waals surface area contributed by atoms with Crippen molar-refractivity contribution in [3.05, 3.63) is 46.0 Å². The summed E-state index contributed by atoms with van der Waals surface area (Å²) in [5, 5.41) is 2.78. The van der Waals surface area contributed by atoms with Crippen molar-refractivity contribution in [3.63, 3.8) is 0 Å². The largest absolute Gasteiger partial charge is 0.349 e. The van der Waals surface area contributed by atoms with E-state index in [1.54, 1.807) is 12.1 Å². The third-order valence-corrected chi connectivity index (χ3v) is 2.84. The molecule has 1 N–H and O–H groups in total. The molecule has 1 amide bonds. The van der Waals surface area contributed by atoms with Crippen LogP contribution < -0.4 is 5.32 Å². The fourth-order valence-corrected chi connectivity index (χ4v) is 2.00. The molecule has 0 bridgehead atoms. The molecule has 0 fully saturated rings. The van der Waals surface area contributed by atoms with Crippen molar-refractivity contribution in [3.8, 4) is 0 Å². The summed E-state index contributed by atoms with van der Waals surface area (Å²) in [5.41, 5.74) is 1.76. The van der Waals surface area contributed by atoms with Crippen molar-refractivity contribution >= 4 is 33.4 Å². The van der Waals surface area contributed by atoms with Crippen molar-refractivity contribution in [1.82, 2.24) is 5.32 Å². The third kappa shape index (κ3) is 3.99. The van der Waals surface area contributed by atoms with Gasteiger partial charge in [0.2, 0.25) is 0 Å². The van der Waals surface area contributed by atoms with Crippen molar-refractivity contribution in [2.24, 2.45) is 0 Å². The second kappa shape index (κ2) is 6.71. The van der Waals surface area contributed by atoms with Gasteiger partial charge in [-0.25, -0.2) is 0 Å². The number of halogens is 2. The lowest BCUT2D eigenvalue weighted by molar-refractivity contribution is 0.0957. The van der Waals surface area contributed by atoms with Crippen molar-refractivity contribution < 1.29 is 4.79 Å². The maximum Gasteiger partial charge on any atom is 0.252 e. The molecule has 0 atom stereocenters. The molecule has 0 saturated carbocycles. The standard InChI is InChI=1S/C12H13BrClNO/c1-9-4-5-10(11(13)8-9)12(16)15-7-3-2-6-14/h2-5,8H,6-7H2,1H3,(H,15,16)/b3-2+. The van der Waals surface area contributed by atoms with Crippen LogP contribution in [0.1, 0.15) is 15.9 Å². The Balaban J connectivity index is 2.63. The van der Waals surface area contributed by atoms with Crippen LogP contribution in [0.5, 0.6) is 0 Å². The van der Waals surface area contributed by atoms with E-state index in [0.717, 1.165) is 10.0 Å². The summed E-state index contributed by atoms with van der Waals surface area (Å²) in [4.78, 5) is 11.7. The first kappa shape index (κ1) is 13.3. The number of carbonyl (C=O) groups excluding carboxylic acids is 1. The van der Waals surface area contributed by atoms with Gasteiger partial charge in [0.1, 0.15) is 0 Å². The first-order valence-electron chi connectivity index (χ1n) is 4.90. The van der Waals surface area contributed by atoms with E-state index < -0.39 is 0 Å². The van der Waals surface area contributed by atoms with Crippen LogP contribution in [0.4, 0.5) is 0 Å². The molecule has 0 heterocycles. The van der Waals surface area contributed by atoms with Crippen LogP contribution in [0.3, 0.4) is 0 Å². The molecule has 0 saturated heterocycles. The van der Waals surface area contributed by atoms with Gasteiger partial charge in [0.25, 0.3) is 5.91 Å². The monoisotopic (exact) mass is 301 g/mol. The summed E-state index contributed by atoms with van der Waals surface area (Å²) in [6, 6.07) is 5.64. The van der Waals surface area contributed by atoms with Crippen LogP contribution in [0, 0.1) is 6.92 Å². The van der Waals surface area contributed by atoms with E-state index in [9.17, 15) is 4.79 Å². The molecule has 2 nitrogen and oxygen atoms in total. The molecular formula is C12H13BrClNO.